The summed E-state index contributed by atoms with van der Waals surface area (Å²) in [5.74, 6) is 1.43. The Labute approximate surface area is 199 Å². The van der Waals surface area contributed by atoms with Gasteiger partial charge >= 0.3 is 0 Å². The largest absolute Gasteiger partial charge is 0.356 e. The second-order valence-electron chi connectivity index (χ2n) is 9.40. The minimum absolute atomic E-state index is 0.0687. The molecule has 2 aliphatic rings. The Balaban J connectivity index is 1.24. The molecule has 9 nitrogen and oxygen atoms in total. The van der Waals surface area contributed by atoms with Crippen molar-refractivity contribution in [3.05, 3.63) is 53.0 Å². The highest BCUT2D eigenvalue weighted by molar-refractivity contribution is 5.87. The van der Waals surface area contributed by atoms with Crippen molar-refractivity contribution in [1.29, 1.82) is 0 Å². The summed E-state index contributed by atoms with van der Waals surface area (Å²) in [4.78, 5) is 36.2. The molecule has 0 saturated carbocycles. The van der Waals surface area contributed by atoms with Crippen molar-refractivity contribution in [2.45, 2.75) is 64.5 Å². The molecule has 3 heterocycles. The summed E-state index contributed by atoms with van der Waals surface area (Å²) in [6.45, 7) is 5.12. The number of hydrogen-bond acceptors (Lipinski definition) is 6. The van der Waals surface area contributed by atoms with Gasteiger partial charge in [0.25, 0.3) is 5.78 Å². The number of benzene rings is 1. The lowest BCUT2D eigenvalue weighted by atomic mass is 10.0. The van der Waals surface area contributed by atoms with Crippen LogP contribution < -0.4 is 15.5 Å². The van der Waals surface area contributed by atoms with E-state index in [4.69, 9.17) is 0 Å². The molecule has 3 aromatic rings. The van der Waals surface area contributed by atoms with Gasteiger partial charge in [0.05, 0.1) is 5.69 Å². The molecule has 1 atom stereocenters. The van der Waals surface area contributed by atoms with Crippen LogP contribution in [0.4, 0.5) is 5.82 Å². The molecular weight excluding hydrogens is 430 g/mol. The highest BCUT2D eigenvalue weighted by Crippen LogP contribution is 2.32. The second-order valence-corrected chi connectivity index (χ2v) is 9.40. The molecule has 0 bridgehead atoms. The minimum atomic E-state index is -0.587. The molecule has 34 heavy (non-hydrogen) atoms. The number of rotatable bonds is 6. The molecule has 9 heteroatoms. The maximum atomic E-state index is 13.1. The van der Waals surface area contributed by atoms with Crippen LogP contribution in [0.25, 0.3) is 5.78 Å². The molecule has 1 aromatic carbocycles. The average Bonchev–Trinajstić information content (AvgIpc) is 3.48. The summed E-state index contributed by atoms with van der Waals surface area (Å²) in [5.41, 5.74) is 4.61. The van der Waals surface area contributed by atoms with E-state index in [1.165, 1.54) is 18.1 Å². The van der Waals surface area contributed by atoms with E-state index in [0.29, 0.717) is 12.2 Å². The van der Waals surface area contributed by atoms with Crippen molar-refractivity contribution in [3.63, 3.8) is 0 Å². The number of nitrogens with one attached hydrogen (secondary N) is 2. The van der Waals surface area contributed by atoms with Crippen LogP contribution in [0.1, 0.15) is 48.6 Å². The van der Waals surface area contributed by atoms with Crippen molar-refractivity contribution in [2.75, 3.05) is 18.0 Å². The second kappa shape index (κ2) is 9.40. The van der Waals surface area contributed by atoms with Crippen LogP contribution in [0.5, 0.6) is 0 Å². The van der Waals surface area contributed by atoms with Gasteiger partial charge in [-0.15, -0.1) is 0 Å². The number of fused-ring (bicyclic) bond motifs is 2. The molecule has 2 N–H and O–H groups in total. The number of aromatic nitrogens is 4. The van der Waals surface area contributed by atoms with Crippen LogP contribution in [0, 0.1) is 6.92 Å². The Hall–Kier alpha value is -3.49. The molecule has 178 valence electrons. The third-order valence-electron chi connectivity index (χ3n) is 6.82. The zero-order valence-corrected chi connectivity index (χ0v) is 19.8. The van der Waals surface area contributed by atoms with E-state index in [2.05, 4.69) is 30.6 Å². The minimum Gasteiger partial charge on any atom is -0.356 e. The van der Waals surface area contributed by atoms with Gasteiger partial charge in [0.15, 0.2) is 0 Å². The molecule has 1 unspecified atom stereocenters. The zero-order chi connectivity index (χ0) is 23.7. The third-order valence-corrected chi connectivity index (χ3v) is 6.82. The van der Waals surface area contributed by atoms with Gasteiger partial charge in [0.2, 0.25) is 11.8 Å². The number of nitrogens with zero attached hydrogens (tertiary/aromatic N) is 5. The van der Waals surface area contributed by atoms with Gasteiger partial charge in [-0.1, -0.05) is 29.8 Å². The van der Waals surface area contributed by atoms with Crippen molar-refractivity contribution < 1.29 is 9.59 Å². The molecule has 1 saturated heterocycles. The highest BCUT2D eigenvalue weighted by atomic mass is 16.2. The summed E-state index contributed by atoms with van der Waals surface area (Å²) in [7, 11) is 0. The maximum absolute atomic E-state index is 13.1. The first kappa shape index (κ1) is 22.3. The van der Waals surface area contributed by atoms with Gasteiger partial charge in [-0.05, 0) is 44.6 Å². The van der Waals surface area contributed by atoms with E-state index in [1.807, 2.05) is 35.7 Å². The molecule has 1 aliphatic carbocycles. The third kappa shape index (κ3) is 4.60. The van der Waals surface area contributed by atoms with E-state index < -0.39 is 6.04 Å². The van der Waals surface area contributed by atoms with E-state index >= 15 is 0 Å². The number of carbonyl (C=O) groups is 2. The fourth-order valence-corrected chi connectivity index (χ4v) is 5.08. The summed E-state index contributed by atoms with van der Waals surface area (Å²) in [6, 6.07) is 7.54. The highest BCUT2D eigenvalue weighted by Gasteiger charge is 2.29. The van der Waals surface area contributed by atoms with Crippen LogP contribution in [-0.2, 0) is 28.9 Å². The smallest absolute Gasteiger partial charge is 0.254 e. The van der Waals surface area contributed by atoms with E-state index in [1.54, 1.807) is 6.33 Å². The van der Waals surface area contributed by atoms with Gasteiger partial charge < -0.3 is 15.5 Å². The predicted molar refractivity (Wildman–Crippen MR) is 129 cm³/mol. The first-order chi connectivity index (χ1) is 16.5. The number of amides is 2. The fraction of sp³-hybridized carbons (Fsp3) is 0.480. The lowest BCUT2D eigenvalue weighted by Crippen LogP contribution is -2.52. The Morgan fingerprint density at radius 2 is 1.91 bits per heavy atom. The van der Waals surface area contributed by atoms with Crippen molar-refractivity contribution >= 4 is 23.4 Å². The van der Waals surface area contributed by atoms with Crippen molar-refractivity contribution in [1.82, 2.24) is 30.2 Å². The van der Waals surface area contributed by atoms with E-state index in [9.17, 15) is 9.59 Å². The summed E-state index contributed by atoms with van der Waals surface area (Å²) >= 11 is 0. The Kier molecular flexibility index (Phi) is 6.17. The average molecular weight is 462 g/mol. The molecular formula is C25H31N7O2. The number of piperidine rings is 1. The summed E-state index contributed by atoms with van der Waals surface area (Å²) in [5, 5.41) is 10.4. The van der Waals surface area contributed by atoms with Gasteiger partial charge in [0, 0.05) is 38.0 Å². The number of anilines is 1. The van der Waals surface area contributed by atoms with Crippen molar-refractivity contribution in [3.8, 4) is 0 Å². The number of carbonyl (C=O) groups excluding carboxylic acids is 2. The molecule has 0 radical (unpaired) electrons. The van der Waals surface area contributed by atoms with E-state index in [-0.39, 0.29) is 17.9 Å². The van der Waals surface area contributed by atoms with Crippen LogP contribution in [-0.4, -0.2) is 56.6 Å². The Morgan fingerprint density at radius 3 is 2.65 bits per heavy atom. The molecule has 2 aromatic heterocycles. The molecule has 1 aliphatic heterocycles. The van der Waals surface area contributed by atoms with Gasteiger partial charge in [-0.25, -0.2) is 4.98 Å². The molecule has 5 rings (SSSR count). The van der Waals surface area contributed by atoms with Gasteiger partial charge in [0.1, 0.15) is 18.2 Å². The maximum Gasteiger partial charge on any atom is 0.254 e. The lowest BCUT2D eigenvalue weighted by molar-refractivity contribution is -0.128. The topological polar surface area (TPSA) is 105 Å². The molecule has 1 fully saturated rings. The Bertz CT molecular complexity index is 1200. The molecule has 0 spiro atoms. The van der Waals surface area contributed by atoms with Crippen LogP contribution in [0.15, 0.2) is 30.6 Å². The molecule has 2 amide bonds. The Morgan fingerprint density at radius 1 is 1.15 bits per heavy atom. The lowest BCUT2D eigenvalue weighted by Gasteiger charge is -2.35. The quantitative estimate of drug-likeness (QED) is 0.580. The monoisotopic (exact) mass is 461 g/mol. The predicted octanol–water partition coefficient (Wildman–Crippen LogP) is 1.75. The number of hydrogen-bond donors (Lipinski definition) is 2. The van der Waals surface area contributed by atoms with Gasteiger partial charge in [-0.2, -0.15) is 14.6 Å². The first-order valence-corrected chi connectivity index (χ1v) is 12.1. The normalized spacial score (nSPS) is 16.9. The van der Waals surface area contributed by atoms with Crippen LogP contribution in [0.2, 0.25) is 0 Å². The SMILES string of the molecule is CC(=O)NC(Cc1ccc(C)cc1)C(=O)NC1CCN(c2c3c(nc4ncnn24)CCC3)CC1. The fourth-order valence-electron chi connectivity index (χ4n) is 5.08. The van der Waals surface area contributed by atoms with E-state index in [0.717, 1.165) is 62.3 Å². The standard InChI is InChI=1S/C25H31N7O2/c1-16-6-8-18(9-7-16)14-22(28-17(2)33)23(34)29-19-10-12-31(13-11-19)24-20-4-3-5-21(20)30-25-26-15-27-32(24)25/h6-9,15,19,22H,3-5,10-14H2,1-2H3,(H,28,33)(H,29,34). The first-order valence-electron chi connectivity index (χ1n) is 12.1. The zero-order valence-electron chi connectivity index (χ0n) is 19.8. The van der Waals surface area contributed by atoms with Crippen LogP contribution in [0.3, 0.4) is 0 Å². The van der Waals surface area contributed by atoms with Crippen LogP contribution >= 0.6 is 0 Å². The summed E-state index contributed by atoms with van der Waals surface area (Å²) in [6.07, 6.45) is 6.81. The summed E-state index contributed by atoms with van der Waals surface area (Å²) < 4.78 is 1.86. The van der Waals surface area contributed by atoms with Gasteiger partial charge in [-0.3, -0.25) is 9.59 Å². The van der Waals surface area contributed by atoms with Crippen molar-refractivity contribution in [2.24, 2.45) is 0 Å². The number of aryl methyl sites for hydroxylation is 2.